The van der Waals surface area contributed by atoms with Crippen molar-refractivity contribution in [3.05, 3.63) is 52.6 Å². The average Bonchev–Trinajstić information content (AvgIpc) is 3.07. The molecule has 5 atom stereocenters. The van der Waals surface area contributed by atoms with Crippen LogP contribution in [0.1, 0.15) is 74.3 Å². The molecule has 3 nitrogen and oxygen atoms in total. The standard InChI is InChI=1S/C29H35NO2/c1-5-15-29(32)16-14-26-24-12-8-20-17-22(31)11-13-23(20)27(24)25(18-28(26,29)2)19-6-9-21(10-7-19)30(3)4/h6-7,9-10,17,24-26,32H,8,11-14,16,18H2,1-4H3/t24-,25+,26-,28-,29-/m0/s1/i1D3. The summed E-state index contributed by atoms with van der Waals surface area (Å²) in [5.74, 6) is 6.16. The largest absolute Gasteiger partial charge is 0.378 e. The Labute approximate surface area is 196 Å². The van der Waals surface area contributed by atoms with Gasteiger partial charge in [-0.15, -0.1) is 5.92 Å². The van der Waals surface area contributed by atoms with Crippen molar-refractivity contribution in [2.75, 3.05) is 19.0 Å². The molecule has 0 spiro atoms. The van der Waals surface area contributed by atoms with Crippen LogP contribution in [0.2, 0.25) is 0 Å². The molecule has 0 radical (unpaired) electrons. The van der Waals surface area contributed by atoms with E-state index in [-0.39, 0.29) is 17.6 Å². The fourth-order valence-corrected chi connectivity index (χ4v) is 7.28. The summed E-state index contributed by atoms with van der Waals surface area (Å²) in [5, 5.41) is 11.8. The first kappa shape index (κ1) is 18.2. The highest BCUT2D eigenvalue weighted by molar-refractivity contribution is 5.93. The minimum atomic E-state index is -2.38. The Morgan fingerprint density at radius 3 is 2.66 bits per heavy atom. The molecule has 2 fully saturated rings. The smallest absolute Gasteiger partial charge is 0.156 e. The van der Waals surface area contributed by atoms with E-state index < -0.39 is 17.9 Å². The van der Waals surface area contributed by atoms with Crippen molar-refractivity contribution in [1.82, 2.24) is 0 Å². The van der Waals surface area contributed by atoms with Crippen molar-refractivity contribution < 1.29 is 14.0 Å². The molecule has 4 aliphatic rings. The maximum atomic E-state index is 12.2. The van der Waals surface area contributed by atoms with Crippen molar-refractivity contribution in [3.8, 4) is 11.8 Å². The van der Waals surface area contributed by atoms with Crippen molar-refractivity contribution >= 4 is 11.5 Å². The fraction of sp³-hybridized carbons (Fsp3) is 0.552. The molecule has 2 saturated carbocycles. The first-order chi connectivity index (χ1) is 16.4. The van der Waals surface area contributed by atoms with E-state index in [2.05, 4.69) is 47.9 Å². The van der Waals surface area contributed by atoms with Gasteiger partial charge in [0.1, 0.15) is 5.60 Å². The van der Waals surface area contributed by atoms with E-state index >= 15 is 0 Å². The van der Waals surface area contributed by atoms with E-state index in [4.69, 9.17) is 4.11 Å². The van der Waals surface area contributed by atoms with Crippen LogP contribution in [0.3, 0.4) is 0 Å². The predicted molar refractivity (Wildman–Crippen MR) is 129 cm³/mol. The molecule has 1 aromatic rings. The van der Waals surface area contributed by atoms with Gasteiger partial charge in [-0.1, -0.05) is 30.6 Å². The summed E-state index contributed by atoms with van der Waals surface area (Å²) in [7, 11) is 4.06. The third-order valence-electron chi connectivity index (χ3n) is 8.97. The van der Waals surface area contributed by atoms with Gasteiger partial charge < -0.3 is 10.0 Å². The molecule has 0 bridgehead atoms. The molecule has 1 aromatic carbocycles. The van der Waals surface area contributed by atoms with Crippen LogP contribution in [0.5, 0.6) is 0 Å². The quantitative estimate of drug-likeness (QED) is 0.636. The molecule has 5 rings (SSSR count). The maximum Gasteiger partial charge on any atom is 0.156 e. The van der Waals surface area contributed by atoms with E-state index in [1.54, 1.807) is 0 Å². The molecule has 0 aromatic heterocycles. The lowest BCUT2D eigenvalue weighted by molar-refractivity contribution is -0.114. The van der Waals surface area contributed by atoms with Crippen LogP contribution in [-0.4, -0.2) is 30.6 Å². The summed E-state index contributed by atoms with van der Waals surface area (Å²) in [5.41, 5.74) is 4.58. The van der Waals surface area contributed by atoms with Gasteiger partial charge >= 0.3 is 0 Å². The lowest BCUT2D eigenvalue weighted by atomic mass is 9.51. The SMILES string of the molecule is [2H]C([2H])([2H])C#C[C@]1(O)CC[C@H]2[C@@H]3CCC4=CC(=O)CCC4=C3[C@@H](c3ccc(N(C)C)cc3)C[C@@]21C. The molecule has 0 unspecified atom stereocenters. The molecular weight excluding hydrogens is 394 g/mol. The number of nitrogens with zero attached hydrogens (tertiary/aromatic N) is 1. The van der Waals surface area contributed by atoms with Gasteiger partial charge in [0.25, 0.3) is 0 Å². The second-order valence-electron chi connectivity index (χ2n) is 10.6. The second-order valence-corrected chi connectivity index (χ2v) is 10.6. The molecule has 3 heteroatoms. The van der Waals surface area contributed by atoms with Gasteiger partial charge in [-0.05, 0) is 92.1 Å². The zero-order valence-electron chi connectivity index (χ0n) is 22.4. The van der Waals surface area contributed by atoms with Gasteiger partial charge in [0.15, 0.2) is 5.78 Å². The molecule has 168 valence electrons. The van der Waals surface area contributed by atoms with E-state index in [9.17, 15) is 9.90 Å². The zero-order chi connectivity index (χ0) is 25.2. The summed E-state index contributed by atoms with van der Waals surface area (Å²) >= 11 is 0. The third-order valence-corrected chi connectivity index (χ3v) is 8.97. The van der Waals surface area contributed by atoms with Crippen LogP contribution in [-0.2, 0) is 4.79 Å². The number of hydrogen-bond acceptors (Lipinski definition) is 3. The van der Waals surface area contributed by atoms with Gasteiger partial charge in [-0.3, -0.25) is 4.79 Å². The topological polar surface area (TPSA) is 40.5 Å². The first-order valence-electron chi connectivity index (χ1n) is 13.4. The normalized spacial score (nSPS) is 37.6. The van der Waals surface area contributed by atoms with Crippen molar-refractivity contribution in [2.24, 2.45) is 17.3 Å². The average molecular weight is 433 g/mol. The van der Waals surface area contributed by atoms with Crippen LogP contribution in [0.25, 0.3) is 0 Å². The number of fused-ring (bicyclic) bond motifs is 4. The minimum Gasteiger partial charge on any atom is -0.378 e. The summed E-state index contributed by atoms with van der Waals surface area (Å²) in [6.45, 7) is -0.246. The van der Waals surface area contributed by atoms with Crippen LogP contribution >= 0.6 is 0 Å². The van der Waals surface area contributed by atoms with E-state index in [1.807, 2.05) is 20.2 Å². The number of anilines is 1. The van der Waals surface area contributed by atoms with Gasteiger partial charge in [-0.2, -0.15) is 0 Å². The molecule has 0 saturated heterocycles. The number of aliphatic hydroxyl groups is 1. The molecule has 0 aliphatic heterocycles. The van der Waals surface area contributed by atoms with E-state index in [0.717, 1.165) is 37.8 Å². The number of allylic oxidation sites excluding steroid dienone is 4. The number of hydrogen-bond donors (Lipinski definition) is 1. The van der Waals surface area contributed by atoms with Crippen LogP contribution in [0, 0.1) is 29.1 Å². The summed E-state index contributed by atoms with van der Waals surface area (Å²) in [4.78, 5) is 14.3. The lowest BCUT2D eigenvalue weighted by Crippen LogP contribution is -2.51. The number of ketones is 1. The molecule has 1 N–H and O–H groups in total. The minimum absolute atomic E-state index is 0.114. The molecule has 4 aliphatic carbocycles. The zero-order valence-corrected chi connectivity index (χ0v) is 19.4. The van der Waals surface area contributed by atoms with Gasteiger partial charge in [0.2, 0.25) is 0 Å². The molecule has 0 amide bonds. The van der Waals surface area contributed by atoms with E-state index in [0.29, 0.717) is 18.8 Å². The Balaban J connectivity index is 1.65. The number of carbonyl (C=O) groups excluding carboxylic acids is 1. The molecule has 0 heterocycles. The van der Waals surface area contributed by atoms with Gasteiger partial charge in [-0.25, -0.2) is 0 Å². The van der Waals surface area contributed by atoms with Crippen molar-refractivity contribution in [3.63, 3.8) is 0 Å². The first-order valence-corrected chi connectivity index (χ1v) is 11.9. The predicted octanol–water partition coefficient (Wildman–Crippen LogP) is 5.41. The Morgan fingerprint density at radius 1 is 1.16 bits per heavy atom. The van der Waals surface area contributed by atoms with Crippen molar-refractivity contribution in [2.45, 2.75) is 70.2 Å². The van der Waals surface area contributed by atoms with Gasteiger partial charge in [0, 0.05) is 41.6 Å². The summed E-state index contributed by atoms with van der Waals surface area (Å²) in [6.07, 6.45) is 7.17. The van der Waals surface area contributed by atoms with Crippen LogP contribution < -0.4 is 4.90 Å². The Kier molecular flexibility index (Phi) is 4.33. The second kappa shape index (κ2) is 7.63. The maximum absolute atomic E-state index is 12.2. The fourth-order valence-electron chi connectivity index (χ4n) is 7.28. The van der Waals surface area contributed by atoms with E-state index in [1.165, 1.54) is 22.3 Å². The van der Waals surface area contributed by atoms with Crippen LogP contribution in [0.15, 0.2) is 47.1 Å². The number of carbonyl (C=O) groups is 1. The van der Waals surface area contributed by atoms with Crippen LogP contribution in [0.4, 0.5) is 5.69 Å². The van der Waals surface area contributed by atoms with Crippen molar-refractivity contribution in [1.29, 1.82) is 0 Å². The number of benzene rings is 1. The third kappa shape index (κ3) is 3.11. The highest BCUT2D eigenvalue weighted by Crippen LogP contribution is 2.66. The Hall–Kier alpha value is -2.31. The monoisotopic (exact) mass is 432 g/mol. The Morgan fingerprint density at radius 2 is 1.94 bits per heavy atom. The summed E-state index contributed by atoms with van der Waals surface area (Å²) < 4.78 is 22.7. The molecule has 32 heavy (non-hydrogen) atoms. The highest BCUT2D eigenvalue weighted by atomic mass is 16.3. The Bertz CT molecular complexity index is 1170. The van der Waals surface area contributed by atoms with Gasteiger partial charge in [0.05, 0.1) is 0 Å². The summed E-state index contributed by atoms with van der Waals surface area (Å²) in [6, 6.07) is 8.68. The number of rotatable bonds is 2. The lowest BCUT2D eigenvalue weighted by Gasteiger charge is -2.53. The highest BCUT2D eigenvalue weighted by Gasteiger charge is 2.62. The molecular formula is C29H35NO2.